The molecule has 1 aromatic carbocycles. The number of pyridine rings is 1. The zero-order valence-corrected chi connectivity index (χ0v) is 10.1. The van der Waals surface area contributed by atoms with Gasteiger partial charge in [-0.15, -0.1) is 0 Å². The van der Waals surface area contributed by atoms with Crippen LogP contribution >= 0.6 is 0 Å². The van der Waals surface area contributed by atoms with Gasteiger partial charge in [0, 0.05) is 24.8 Å². The van der Waals surface area contributed by atoms with E-state index >= 15 is 0 Å². The van der Waals surface area contributed by atoms with E-state index < -0.39 is 0 Å². The number of aryl methyl sites for hydroxylation is 1. The van der Waals surface area contributed by atoms with Crippen molar-refractivity contribution in [2.24, 2.45) is 12.8 Å². The predicted octanol–water partition coefficient (Wildman–Crippen LogP) is 2.02. The lowest BCUT2D eigenvalue weighted by molar-refractivity contribution is 0.673. The summed E-state index contributed by atoms with van der Waals surface area (Å²) in [5.74, 6) is 0. The minimum absolute atomic E-state index is 0.165. The zero-order valence-electron chi connectivity index (χ0n) is 10.1. The van der Waals surface area contributed by atoms with Crippen LogP contribution in [0.4, 0.5) is 0 Å². The van der Waals surface area contributed by atoms with Crippen molar-refractivity contribution in [2.45, 2.75) is 6.04 Å². The molecule has 1 atom stereocenters. The third kappa shape index (κ3) is 1.76. The Morgan fingerprint density at radius 3 is 2.83 bits per heavy atom. The summed E-state index contributed by atoms with van der Waals surface area (Å²) in [6, 6.07) is 11.9. The summed E-state index contributed by atoms with van der Waals surface area (Å²) in [4.78, 5) is 4.30. The Morgan fingerprint density at radius 1 is 1.17 bits per heavy atom. The lowest BCUT2D eigenvalue weighted by atomic mass is 10.0. The second kappa shape index (κ2) is 4.23. The number of hydrogen-bond acceptors (Lipinski definition) is 3. The van der Waals surface area contributed by atoms with Crippen LogP contribution in [0.1, 0.15) is 17.3 Å². The van der Waals surface area contributed by atoms with Gasteiger partial charge in [-0.2, -0.15) is 5.10 Å². The van der Waals surface area contributed by atoms with Crippen LogP contribution in [0.5, 0.6) is 0 Å². The SMILES string of the molecule is Cn1nccc1C(N)c1ccc2ncccc2c1. The molecule has 2 aromatic heterocycles. The molecule has 0 aliphatic rings. The van der Waals surface area contributed by atoms with Gasteiger partial charge in [0.25, 0.3) is 0 Å². The molecular formula is C14H14N4. The first kappa shape index (κ1) is 10.9. The van der Waals surface area contributed by atoms with Crippen LogP contribution in [0.15, 0.2) is 48.8 Å². The Balaban J connectivity index is 2.07. The van der Waals surface area contributed by atoms with Crippen molar-refractivity contribution in [1.29, 1.82) is 0 Å². The van der Waals surface area contributed by atoms with Crippen molar-refractivity contribution in [3.8, 4) is 0 Å². The molecule has 0 saturated carbocycles. The zero-order chi connectivity index (χ0) is 12.5. The molecule has 4 heteroatoms. The van der Waals surface area contributed by atoms with Crippen LogP contribution in [0.3, 0.4) is 0 Å². The van der Waals surface area contributed by atoms with Crippen LogP contribution in [0.2, 0.25) is 0 Å². The van der Waals surface area contributed by atoms with Gasteiger partial charge in [0.2, 0.25) is 0 Å². The van der Waals surface area contributed by atoms with Crippen LogP contribution in [0, 0.1) is 0 Å². The van der Waals surface area contributed by atoms with E-state index in [4.69, 9.17) is 5.73 Å². The van der Waals surface area contributed by atoms with Gasteiger partial charge < -0.3 is 5.73 Å². The normalized spacial score (nSPS) is 12.8. The molecule has 2 N–H and O–H groups in total. The number of benzene rings is 1. The van der Waals surface area contributed by atoms with E-state index in [2.05, 4.69) is 16.1 Å². The Bertz CT molecular complexity index is 687. The van der Waals surface area contributed by atoms with Crippen LogP contribution in [0.25, 0.3) is 10.9 Å². The molecular weight excluding hydrogens is 224 g/mol. The minimum Gasteiger partial charge on any atom is -0.319 e. The minimum atomic E-state index is -0.165. The molecule has 1 unspecified atom stereocenters. The molecule has 3 rings (SSSR count). The van der Waals surface area contributed by atoms with Crippen molar-refractivity contribution in [3.05, 3.63) is 60.0 Å². The van der Waals surface area contributed by atoms with E-state index in [0.717, 1.165) is 22.2 Å². The number of hydrogen-bond donors (Lipinski definition) is 1. The first-order chi connectivity index (χ1) is 8.75. The highest BCUT2D eigenvalue weighted by Crippen LogP contribution is 2.22. The summed E-state index contributed by atoms with van der Waals surface area (Å²) >= 11 is 0. The number of aromatic nitrogens is 3. The highest BCUT2D eigenvalue weighted by atomic mass is 15.3. The Labute approximate surface area is 105 Å². The van der Waals surface area contributed by atoms with E-state index in [1.54, 1.807) is 17.1 Å². The van der Waals surface area contributed by atoms with Gasteiger partial charge in [-0.25, -0.2) is 0 Å². The molecule has 0 saturated heterocycles. The maximum Gasteiger partial charge on any atom is 0.0723 e. The van der Waals surface area contributed by atoms with E-state index in [1.165, 1.54) is 0 Å². The molecule has 90 valence electrons. The Kier molecular flexibility index (Phi) is 2.57. The van der Waals surface area contributed by atoms with E-state index in [-0.39, 0.29) is 6.04 Å². The molecule has 2 heterocycles. The standard InChI is InChI=1S/C14H14N4/c1-18-13(6-8-17-18)14(15)11-4-5-12-10(9-11)3-2-7-16-12/h2-9,14H,15H2,1H3. The van der Waals surface area contributed by atoms with Crippen molar-refractivity contribution in [3.63, 3.8) is 0 Å². The maximum absolute atomic E-state index is 6.27. The molecule has 18 heavy (non-hydrogen) atoms. The fraction of sp³-hybridized carbons (Fsp3) is 0.143. The van der Waals surface area contributed by atoms with Gasteiger partial charge in [-0.1, -0.05) is 12.1 Å². The van der Waals surface area contributed by atoms with E-state index in [1.807, 2.05) is 37.4 Å². The number of fused-ring (bicyclic) bond motifs is 1. The fourth-order valence-electron chi connectivity index (χ4n) is 2.15. The molecule has 0 amide bonds. The van der Waals surface area contributed by atoms with Crippen LogP contribution in [-0.4, -0.2) is 14.8 Å². The lowest BCUT2D eigenvalue weighted by Gasteiger charge is -2.13. The van der Waals surface area contributed by atoms with Crippen molar-refractivity contribution < 1.29 is 0 Å². The average molecular weight is 238 g/mol. The summed E-state index contributed by atoms with van der Waals surface area (Å²) in [5.41, 5.74) is 9.32. The second-order valence-corrected chi connectivity index (χ2v) is 4.31. The largest absolute Gasteiger partial charge is 0.319 e. The lowest BCUT2D eigenvalue weighted by Crippen LogP contribution is -2.15. The van der Waals surface area contributed by atoms with Crippen molar-refractivity contribution in [1.82, 2.24) is 14.8 Å². The first-order valence-electron chi connectivity index (χ1n) is 5.84. The molecule has 0 spiro atoms. The first-order valence-corrected chi connectivity index (χ1v) is 5.84. The molecule has 4 nitrogen and oxygen atoms in total. The average Bonchev–Trinajstić information content (AvgIpc) is 2.83. The van der Waals surface area contributed by atoms with Crippen LogP contribution in [-0.2, 0) is 7.05 Å². The summed E-state index contributed by atoms with van der Waals surface area (Å²) in [6.07, 6.45) is 3.56. The van der Waals surface area contributed by atoms with Crippen molar-refractivity contribution in [2.75, 3.05) is 0 Å². The number of rotatable bonds is 2. The summed E-state index contributed by atoms with van der Waals surface area (Å²) in [7, 11) is 1.90. The van der Waals surface area contributed by atoms with Gasteiger partial charge >= 0.3 is 0 Å². The third-order valence-corrected chi connectivity index (χ3v) is 3.16. The molecule has 3 aromatic rings. The highest BCUT2D eigenvalue weighted by molar-refractivity contribution is 5.79. The number of nitrogens with zero attached hydrogens (tertiary/aromatic N) is 3. The second-order valence-electron chi connectivity index (χ2n) is 4.31. The maximum atomic E-state index is 6.27. The smallest absolute Gasteiger partial charge is 0.0723 e. The third-order valence-electron chi connectivity index (χ3n) is 3.16. The molecule has 0 bridgehead atoms. The number of nitrogens with two attached hydrogens (primary N) is 1. The van der Waals surface area contributed by atoms with Crippen molar-refractivity contribution >= 4 is 10.9 Å². The Hall–Kier alpha value is -2.20. The Morgan fingerprint density at radius 2 is 2.06 bits per heavy atom. The summed E-state index contributed by atoms with van der Waals surface area (Å²) < 4.78 is 1.80. The molecule has 0 aliphatic heterocycles. The van der Waals surface area contributed by atoms with E-state index in [9.17, 15) is 0 Å². The predicted molar refractivity (Wildman–Crippen MR) is 71.0 cm³/mol. The molecule has 0 aliphatic carbocycles. The van der Waals surface area contributed by atoms with Gasteiger partial charge in [-0.3, -0.25) is 9.67 Å². The fourth-order valence-corrected chi connectivity index (χ4v) is 2.15. The van der Waals surface area contributed by atoms with Gasteiger partial charge in [-0.05, 0) is 29.8 Å². The molecule has 0 fully saturated rings. The van der Waals surface area contributed by atoms with Gasteiger partial charge in [0.05, 0.1) is 17.3 Å². The summed E-state index contributed by atoms with van der Waals surface area (Å²) in [6.45, 7) is 0. The molecule has 0 radical (unpaired) electrons. The van der Waals surface area contributed by atoms with Crippen LogP contribution < -0.4 is 5.73 Å². The van der Waals surface area contributed by atoms with Gasteiger partial charge in [0.1, 0.15) is 0 Å². The van der Waals surface area contributed by atoms with E-state index in [0.29, 0.717) is 0 Å². The monoisotopic (exact) mass is 238 g/mol. The summed E-state index contributed by atoms with van der Waals surface area (Å²) in [5, 5.41) is 5.25. The van der Waals surface area contributed by atoms with Gasteiger partial charge in [0.15, 0.2) is 0 Å². The highest BCUT2D eigenvalue weighted by Gasteiger charge is 2.12. The quantitative estimate of drug-likeness (QED) is 0.743. The topological polar surface area (TPSA) is 56.7 Å².